The lowest BCUT2D eigenvalue weighted by molar-refractivity contribution is -0.269. The molecule has 0 bridgehead atoms. The zero-order valence-electron chi connectivity index (χ0n) is 12.9. The van der Waals surface area contributed by atoms with Crippen LogP contribution >= 0.6 is 50.9 Å². The number of hydrogen-bond acceptors (Lipinski definition) is 5. The highest BCUT2D eigenvalue weighted by Gasteiger charge is 2.59. The van der Waals surface area contributed by atoms with Gasteiger partial charge < -0.3 is 0 Å². The summed E-state index contributed by atoms with van der Waals surface area (Å²) in [7, 11) is 0. The number of aromatic nitrogens is 2. The highest BCUT2D eigenvalue weighted by Crippen LogP contribution is 2.48. The maximum atomic E-state index is 14.0. The van der Waals surface area contributed by atoms with E-state index in [9.17, 15) is 13.2 Å². The molecule has 4 nitrogen and oxygen atoms in total. The quantitative estimate of drug-likeness (QED) is 0.466. The second kappa shape index (κ2) is 6.59. The van der Waals surface area contributed by atoms with Crippen LogP contribution in [0.3, 0.4) is 0 Å². The first-order valence-electron chi connectivity index (χ1n) is 7.32. The average Bonchev–Trinajstić information content (AvgIpc) is 3.22. The van der Waals surface area contributed by atoms with Crippen molar-refractivity contribution >= 4 is 67.6 Å². The molecular formula is C16H7BrCl2F3N3OS. The number of nitrogens with one attached hydrogen (secondary N) is 1. The van der Waals surface area contributed by atoms with Gasteiger partial charge in [-0.2, -0.15) is 21.9 Å². The van der Waals surface area contributed by atoms with Crippen molar-refractivity contribution in [3.8, 4) is 0 Å². The van der Waals surface area contributed by atoms with E-state index in [1.807, 2.05) is 0 Å². The molecule has 0 spiro atoms. The van der Waals surface area contributed by atoms with Gasteiger partial charge in [0.05, 0.1) is 17.4 Å². The molecule has 11 heteroatoms. The maximum Gasteiger partial charge on any atom is 0.428 e. The number of hydroxylamine groups is 1. The lowest BCUT2D eigenvalue weighted by Crippen LogP contribution is -2.42. The Morgan fingerprint density at radius 1 is 1.07 bits per heavy atom. The van der Waals surface area contributed by atoms with E-state index in [-0.39, 0.29) is 21.3 Å². The molecule has 1 N–H and O–H groups in total. The number of nitrogens with zero attached hydrogens (tertiary/aromatic N) is 2. The van der Waals surface area contributed by atoms with Gasteiger partial charge in [-0.05, 0) is 52.3 Å². The summed E-state index contributed by atoms with van der Waals surface area (Å²) in [6.07, 6.45) is -3.82. The second-order valence-corrected chi connectivity index (χ2v) is 7.97. The number of alkyl halides is 3. The highest BCUT2D eigenvalue weighted by atomic mass is 79.9. The average molecular weight is 497 g/mol. The van der Waals surface area contributed by atoms with Crippen LogP contribution in [0.5, 0.6) is 0 Å². The van der Waals surface area contributed by atoms with E-state index in [0.717, 1.165) is 17.8 Å². The monoisotopic (exact) mass is 495 g/mol. The van der Waals surface area contributed by atoms with E-state index in [1.54, 1.807) is 12.1 Å². The van der Waals surface area contributed by atoms with E-state index in [0.29, 0.717) is 21.1 Å². The molecule has 1 atom stereocenters. The maximum absolute atomic E-state index is 14.0. The Morgan fingerprint density at radius 2 is 1.74 bits per heavy atom. The van der Waals surface area contributed by atoms with Gasteiger partial charge in [-0.3, -0.25) is 10.3 Å². The molecular weight excluding hydrogens is 490 g/mol. The van der Waals surface area contributed by atoms with Crippen molar-refractivity contribution in [2.75, 3.05) is 0 Å². The van der Waals surface area contributed by atoms with Gasteiger partial charge in [-0.25, -0.2) is 0 Å². The molecule has 2 aromatic carbocycles. The van der Waals surface area contributed by atoms with E-state index >= 15 is 0 Å². The topological polar surface area (TPSA) is 47.0 Å². The molecule has 3 aromatic rings. The fourth-order valence-corrected chi connectivity index (χ4v) is 4.42. The van der Waals surface area contributed by atoms with Gasteiger partial charge in [0.1, 0.15) is 11.0 Å². The Labute approximate surface area is 173 Å². The van der Waals surface area contributed by atoms with Crippen molar-refractivity contribution in [2.24, 2.45) is 0 Å². The summed E-state index contributed by atoms with van der Waals surface area (Å²) < 4.78 is 51.1. The Morgan fingerprint density at radius 3 is 2.41 bits per heavy atom. The number of hydrogen-bond donors (Lipinski definition) is 1. The Bertz CT molecular complexity index is 1070. The molecule has 1 unspecified atom stereocenters. The normalized spacial score (nSPS) is 20.0. The molecule has 27 heavy (non-hydrogen) atoms. The summed E-state index contributed by atoms with van der Waals surface area (Å²) in [6.45, 7) is 0. The first-order valence-corrected chi connectivity index (χ1v) is 9.60. The standard InChI is InChI=1S/C16H7BrCl2F3N3OS/c17-11-2-1-10(13-14(11)25-27-24-13)12-6-15(26-23-12,16(20,21)22)7-3-8(18)5-9(19)4-7/h1-6,23H. The van der Waals surface area contributed by atoms with E-state index in [2.05, 4.69) is 30.2 Å². The molecule has 1 aliphatic rings. The molecule has 1 aromatic heterocycles. The summed E-state index contributed by atoms with van der Waals surface area (Å²) in [5.74, 6) is 0. The second-order valence-electron chi connectivity index (χ2n) is 5.71. The van der Waals surface area contributed by atoms with Crippen LogP contribution in [0.15, 0.2) is 40.9 Å². The minimum absolute atomic E-state index is 0.0707. The van der Waals surface area contributed by atoms with Crippen LogP contribution < -0.4 is 5.48 Å². The van der Waals surface area contributed by atoms with Crippen molar-refractivity contribution < 1.29 is 18.0 Å². The molecule has 2 heterocycles. The van der Waals surface area contributed by atoms with Crippen LogP contribution in [0, 0.1) is 0 Å². The van der Waals surface area contributed by atoms with E-state index < -0.39 is 11.8 Å². The van der Waals surface area contributed by atoms with Crippen LogP contribution in [0.4, 0.5) is 13.2 Å². The first kappa shape index (κ1) is 18.9. The minimum Gasteiger partial charge on any atom is -0.265 e. The number of fused-ring (bicyclic) bond motifs is 1. The van der Waals surface area contributed by atoms with Gasteiger partial charge in [-0.15, -0.1) is 0 Å². The highest BCUT2D eigenvalue weighted by molar-refractivity contribution is 9.10. The molecule has 0 amide bonds. The lowest BCUT2D eigenvalue weighted by Gasteiger charge is -2.28. The van der Waals surface area contributed by atoms with Gasteiger partial charge in [0.15, 0.2) is 0 Å². The summed E-state index contributed by atoms with van der Waals surface area (Å²) in [5, 5.41) is 0.141. The van der Waals surface area contributed by atoms with Gasteiger partial charge in [-0.1, -0.05) is 23.2 Å². The fraction of sp³-hybridized carbons (Fsp3) is 0.125. The zero-order valence-corrected chi connectivity index (χ0v) is 16.9. The van der Waals surface area contributed by atoms with Gasteiger partial charge in [0, 0.05) is 25.6 Å². The van der Waals surface area contributed by atoms with Crippen LogP contribution in [0.25, 0.3) is 16.7 Å². The van der Waals surface area contributed by atoms with E-state index in [1.165, 1.54) is 18.2 Å². The van der Waals surface area contributed by atoms with Gasteiger partial charge in [0.25, 0.3) is 0 Å². The molecule has 140 valence electrons. The SMILES string of the molecule is FC(F)(F)C1(c2cc(Cl)cc(Cl)c2)C=C(c2ccc(Br)c3nsnc23)NO1. The molecule has 0 saturated carbocycles. The number of benzene rings is 2. The molecule has 4 rings (SSSR count). The number of rotatable bonds is 2. The van der Waals surface area contributed by atoms with Crippen LogP contribution in [-0.2, 0) is 10.4 Å². The van der Waals surface area contributed by atoms with Gasteiger partial charge in [0.2, 0.25) is 5.60 Å². The summed E-state index contributed by atoms with van der Waals surface area (Å²) >= 11 is 16.1. The predicted molar refractivity (Wildman–Crippen MR) is 102 cm³/mol. The fourth-order valence-electron chi connectivity index (χ4n) is 2.80. The van der Waals surface area contributed by atoms with Crippen LogP contribution in [-0.4, -0.2) is 14.9 Å². The smallest absolute Gasteiger partial charge is 0.265 e. The Hall–Kier alpha value is -1.39. The summed E-state index contributed by atoms with van der Waals surface area (Å²) in [4.78, 5) is 5.08. The van der Waals surface area contributed by atoms with E-state index in [4.69, 9.17) is 28.0 Å². The minimum atomic E-state index is -4.77. The largest absolute Gasteiger partial charge is 0.428 e. The molecule has 1 aliphatic heterocycles. The van der Waals surface area contributed by atoms with Crippen molar-refractivity contribution in [3.05, 3.63) is 62.1 Å². The summed E-state index contributed by atoms with van der Waals surface area (Å²) in [5.41, 5.74) is 0.958. The lowest BCUT2D eigenvalue weighted by atomic mass is 9.91. The zero-order chi connectivity index (χ0) is 19.4. The van der Waals surface area contributed by atoms with Gasteiger partial charge >= 0.3 is 6.18 Å². The third-order valence-electron chi connectivity index (χ3n) is 4.04. The van der Waals surface area contributed by atoms with Crippen molar-refractivity contribution in [2.45, 2.75) is 11.8 Å². The van der Waals surface area contributed by atoms with Crippen molar-refractivity contribution in [1.82, 2.24) is 14.2 Å². The van der Waals surface area contributed by atoms with Crippen molar-refractivity contribution in [1.29, 1.82) is 0 Å². The first-order chi connectivity index (χ1) is 12.7. The van der Waals surface area contributed by atoms with Crippen LogP contribution in [0.2, 0.25) is 10.0 Å². The predicted octanol–water partition coefficient (Wildman–Crippen LogP) is 6.09. The Kier molecular flexibility index (Phi) is 4.63. The Balaban J connectivity index is 1.92. The molecule has 0 saturated heterocycles. The third-order valence-corrected chi connectivity index (χ3v) is 5.64. The molecule has 0 fully saturated rings. The molecule has 0 aliphatic carbocycles. The molecule has 0 radical (unpaired) electrons. The third kappa shape index (κ3) is 3.11. The van der Waals surface area contributed by atoms with Crippen LogP contribution in [0.1, 0.15) is 11.1 Å². The summed E-state index contributed by atoms with van der Waals surface area (Å²) in [6, 6.07) is 7.01. The van der Waals surface area contributed by atoms with Crippen molar-refractivity contribution in [3.63, 3.8) is 0 Å². The number of halogens is 6.